The molecule has 0 bridgehead atoms. The first-order chi connectivity index (χ1) is 16.0. The number of carbonyl (C=O) groups excluding carboxylic acids is 1. The molecule has 0 spiro atoms. The number of anilines is 1. The van der Waals surface area contributed by atoms with Crippen molar-refractivity contribution in [3.8, 4) is 5.75 Å². The predicted octanol–water partition coefficient (Wildman–Crippen LogP) is 3.49. The van der Waals surface area contributed by atoms with Gasteiger partial charge in [0.05, 0.1) is 24.7 Å². The van der Waals surface area contributed by atoms with E-state index in [1.807, 2.05) is 25.1 Å². The van der Waals surface area contributed by atoms with Gasteiger partial charge in [-0.1, -0.05) is 35.0 Å². The number of H-pyrrole nitrogens is 1. The molecule has 2 aromatic heterocycles. The number of amides is 1. The van der Waals surface area contributed by atoms with Gasteiger partial charge in [-0.3, -0.25) is 9.59 Å². The van der Waals surface area contributed by atoms with Crippen molar-refractivity contribution in [3.05, 3.63) is 75.3 Å². The SMILES string of the molecule is CCOc1ccc(NC(=O)CSCc2nc3c(nnn3Cc3ccccc3Cl)c(=O)[nH]2)cc1. The molecule has 4 rings (SSSR count). The van der Waals surface area contributed by atoms with Crippen LogP contribution in [0.2, 0.25) is 5.02 Å². The van der Waals surface area contributed by atoms with E-state index in [1.54, 1.807) is 35.0 Å². The number of halogens is 1. The molecular formula is C22H21ClN6O3S. The van der Waals surface area contributed by atoms with Crippen molar-refractivity contribution in [2.24, 2.45) is 0 Å². The molecule has 4 aromatic rings. The van der Waals surface area contributed by atoms with Crippen LogP contribution >= 0.6 is 23.4 Å². The lowest BCUT2D eigenvalue weighted by atomic mass is 10.2. The van der Waals surface area contributed by atoms with E-state index >= 15 is 0 Å². The Morgan fingerprint density at radius 3 is 2.76 bits per heavy atom. The van der Waals surface area contributed by atoms with Crippen molar-refractivity contribution in [2.75, 3.05) is 17.7 Å². The van der Waals surface area contributed by atoms with Crippen molar-refractivity contribution < 1.29 is 9.53 Å². The van der Waals surface area contributed by atoms with E-state index in [1.165, 1.54) is 11.8 Å². The van der Waals surface area contributed by atoms with Crippen LogP contribution in [0.1, 0.15) is 18.3 Å². The van der Waals surface area contributed by atoms with Gasteiger partial charge in [0, 0.05) is 10.7 Å². The van der Waals surface area contributed by atoms with Crippen LogP contribution in [0, 0.1) is 0 Å². The highest BCUT2D eigenvalue weighted by molar-refractivity contribution is 7.99. The van der Waals surface area contributed by atoms with E-state index in [-0.39, 0.29) is 22.7 Å². The summed E-state index contributed by atoms with van der Waals surface area (Å²) in [6.07, 6.45) is 0. The lowest BCUT2D eigenvalue weighted by molar-refractivity contribution is -0.113. The molecule has 0 saturated heterocycles. The smallest absolute Gasteiger partial charge is 0.281 e. The van der Waals surface area contributed by atoms with Crippen LogP contribution in [0.5, 0.6) is 5.75 Å². The first kappa shape index (κ1) is 22.8. The van der Waals surface area contributed by atoms with E-state index < -0.39 is 0 Å². The summed E-state index contributed by atoms with van der Waals surface area (Å²) in [7, 11) is 0. The van der Waals surface area contributed by atoms with Crippen LogP contribution in [0.15, 0.2) is 53.3 Å². The minimum Gasteiger partial charge on any atom is -0.494 e. The van der Waals surface area contributed by atoms with Gasteiger partial charge in [-0.2, -0.15) is 0 Å². The van der Waals surface area contributed by atoms with E-state index in [0.29, 0.717) is 41.1 Å². The number of hydrogen-bond donors (Lipinski definition) is 2. The molecule has 170 valence electrons. The highest BCUT2D eigenvalue weighted by atomic mass is 35.5. The third-order valence-corrected chi connectivity index (χ3v) is 5.93. The standard InChI is InChI=1S/C22H21ClN6O3S/c1-2-32-16-9-7-15(8-10-16)24-19(30)13-33-12-18-25-21-20(22(31)26-18)27-28-29(21)11-14-5-3-4-6-17(14)23/h3-10H,2,11-13H2,1H3,(H,24,30)(H,25,26,31). The second kappa shape index (κ2) is 10.5. The molecule has 2 aromatic carbocycles. The van der Waals surface area contributed by atoms with Gasteiger partial charge in [0.2, 0.25) is 5.91 Å². The average molecular weight is 485 g/mol. The summed E-state index contributed by atoms with van der Waals surface area (Å²) in [6.45, 7) is 2.83. The highest BCUT2D eigenvalue weighted by Gasteiger charge is 2.14. The van der Waals surface area contributed by atoms with Gasteiger partial charge in [0.15, 0.2) is 11.2 Å². The van der Waals surface area contributed by atoms with Crippen molar-refractivity contribution in [1.82, 2.24) is 25.0 Å². The molecule has 2 N–H and O–H groups in total. The van der Waals surface area contributed by atoms with Crippen molar-refractivity contribution in [3.63, 3.8) is 0 Å². The van der Waals surface area contributed by atoms with Gasteiger partial charge in [-0.05, 0) is 42.8 Å². The molecule has 0 aliphatic carbocycles. The molecule has 0 atom stereocenters. The van der Waals surface area contributed by atoms with Crippen LogP contribution in [-0.4, -0.2) is 43.2 Å². The van der Waals surface area contributed by atoms with Crippen LogP contribution < -0.4 is 15.6 Å². The number of nitrogens with one attached hydrogen (secondary N) is 2. The summed E-state index contributed by atoms with van der Waals surface area (Å²) < 4.78 is 6.93. The Morgan fingerprint density at radius 1 is 1.21 bits per heavy atom. The zero-order valence-corrected chi connectivity index (χ0v) is 19.3. The molecule has 0 fully saturated rings. The second-order valence-electron chi connectivity index (χ2n) is 7.02. The fourth-order valence-electron chi connectivity index (χ4n) is 3.11. The van der Waals surface area contributed by atoms with Gasteiger partial charge in [-0.15, -0.1) is 16.9 Å². The van der Waals surface area contributed by atoms with Crippen LogP contribution in [0.25, 0.3) is 11.2 Å². The molecule has 9 nitrogen and oxygen atoms in total. The van der Waals surface area contributed by atoms with Gasteiger partial charge >= 0.3 is 0 Å². The molecule has 0 saturated carbocycles. The van der Waals surface area contributed by atoms with Crippen LogP contribution in [0.4, 0.5) is 5.69 Å². The first-order valence-electron chi connectivity index (χ1n) is 10.2. The zero-order chi connectivity index (χ0) is 23.2. The van der Waals surface area contributed by atoms with E-state index in [9.17, 15) is 9.59 Å². The third-order valence-electron chi connectivity index (χ3n) is 4.62. The van der Waals surface area contributed by atoms with Crippen LogP contribution in [0.3, 0.4) is 0 Å². The van der Waals surface area contributed by atoms with E-state index in [0.717, 1.165) is 11.3 Å². The number of nitrogens with zero attached hydrogens (tertiary/aromatic N) is 4. The molecule has 0 aliphatic rings. The van der Waals surface area contributed by atoms with Gasteiger partial charge < -0.3 is 15.0 Å². The maximum absolute atomic E-state index is 12.4. The number of ether oxygens (including phenoxy) is 1. The molecule has 2 heterocycles. The number of aromatic nitrogens is 5. The van der Waals surface area contributed by atoms with E-state index in [4.69, 9.17) is 16.3 Å². The van der Waals surface area contributed by atoms with E-state index in [2.05, 4.69) is 25.6 Å². The Balaban J connectivity index is 1.39. The Labute approximate surface area is 198 Å². The van der Waals surface area contributed by atoms with Gasteiger partial charge in [-0.25, -0.2) is 9.67 Å². The van der Waals surface area contributed by atoms with Crippen molar-refractivity contribution >= 4 is 46.1 Å². The maximum atomic E-state index is 12.4. The monoisotopic (exact) mass is 484 g/mol. The largest absolute Gasteiger partial charge is 0.494 e. The number of aromatic amines is 1. The molecular weight excluding hydrogens is 464 g/mol. The Kier molecular flexibility index (Phi) is 7.26. The number of hydrogen-bond acceptors (Lipinski definition) is 7. The summed E-state index contributed by atoms with van der Waals surface area (Å²) in [5.74, 6) is 1.58. The minimum atomic E-state index is -0.375. The summed E-state index contributed by atoms with van der Waals surface area (Å²) in [5.41, 5.74) is 1.68. The summed E-state index contributed by atoms with van der Waals surface area (Å²) in [6, 6.07) is 14.6. The maximum Gasteiger partial charge on any atom is 0.281 e. The molecule has 0 radical (unpaired) electrons. The lowest BCUT2D eigenvalue weighted by Crippen LogP contribution is -2.16. The van der Waals surface area contributed by atoms with Gasteiger partial charge in [0.25, 0.3) is 5.56 Å². The Hall–Kier alpha value is -3.37. The quantitative estimate of drug-likeness (QED) is 0.373. The number of benzene rings is 2. The third kappa shape index (κ3) is 5.71. The molecule has 33 heavy (non-hydrogen) atoms. The molecule has 0 aliphatic heterocycles. The van der Waals surface area contributed by atoms with Crippen LogP contribution in [-0.2, 0) is 17.1 Å². The van der Waals surface area contributed by atoms with Crippen molar-refractivity contribution in [1.29, 1.82) is 0 Å². The molecule has 0 unspecified atom stereocenters. The number of fused-ring (bicyclic) bond motifs is 1. The second-order valence-corrected chi connectivity index (χ2v) is 8.41. The molecule has 11 heteroatoms. The fraction of sp³-hybridized carbons (Fsp3) is 0.227. The summed E-state index contributed by atoms with van der Waals surface area (Å²) >= 11 is 7.57. The summed E-state index contributed by atoms with van der Waals surface area (Å²) in [5, 5.41) is 11.4. The first-order valence-corrected chi connectivity index (χ1v) is 11.7. The normalized spacial score (nSPS) is 11.0. The lowest BCUT2D eigenvalue weighted by Gasteiger charge is -2.07. The predicted molar refractivity (Wildman–Crippen MR) is 129 cm³/mol. The Morgan fingerprint density at radius 2 is 2.00 bits per heavy atom. The fourth-order valence-corrected chi connectivity index (χ4v) is 4.00. The number of thioether (sulfide) groups is 1. The average Bonchev–Trinajstić information content (AvgIpc) is 3.20. The van der Waals surface area contributed by atoms with Crippen molar-refractivity contribution in [2.45, 2.75) is 19.2 Å². The topological polar surface area (TPSA) is 115 Å². The highest BCUT2D eigenvalue weighted by Crippen LogP contribution is 2.18. The summed E-state index contributed by atoms with van der Waals surface area (Å²) in [4.78, 5) is 31.9. The zero-order valence-electron chi connectivity index (χ0n) is 17.7. The minimum absolute atomic E-state index is 0.155. The van der Waals surface area contributed by atoms with Gasteiger partial charge in [0.1, 0.15) is 11.6 Å². The Bertz CT molecular complexity index is 1320. The molecule has 1 amide bonds. The number of rotatable bonds is 9. The number of carbonyl (C=O) groups is 1.